The Bertz CT molecular complexity index is 1570. The Morgan fingerprint density at radius 2 is 1.86 bits per heavy atom. The van der Waals surface area contributed by atoms with Gasteiger partial charge in [-0.1, -0.05) is 23.2 Å². The zero-order valence-corrected chi connectivity index (χ0v) is 20.0. The van der Waals surface area contributed by atoms with Crippen LogP contribution in [0.25, 0.3) is 0 Å². The van der Waals surface area contributed by atoms with Crippen molar-refractivity contribution in [2.75, 3.05) is 5.32 Å². The Morgan fingerprint density at radius 1 is 1.17 bits per heavy atom. The Morgan fingerprint density at radius 3 is 2.44 bits per heavy atom. The Labute approximate surface area is 211 Å². The van der Waals surface area contributed by atoms with Crippen LogP contribution in [0.3, 0.4) is 0 Å². The quantitative estimate of drug-likeness (QED) is 0.463. The molecule has 9 nitrogen and oxygen atoms in total. The van der Waals surface area contributed by atoms with Gasteiger partial charge in [0.2, 0.25) is 21.7 Å². The third-order valence-corrected chi connectivity index (χ3v) is 5.95. The number of primary sulfonamides is 1. The summed E-state index contributed by atoms with van der Waals surface area (Å²) in [5.41, 5.74) is -2.76. The van der Waals surface area contributed by atoms with Crippen LogP contribution in [-0.4, -0.2) is 18.9 Å². The number of nitrogens with two attached hydrogens (primary N) is 1. The van der Waals surface area contributed by atoms with Gasteiger partial charge >= 0.3 is 6.18 Å². The fraction of sp³-hybridized carbons (Fsp3) is 0.0952. The Hall–Kier alpha value is -3.57. The maximum Gasteiger partial charge on any atom is 0.420 e. The fourth-order valence-electron chi connectivity index (χ4n) is 2.92. The second-order valence-electron chi connectivity index (χ2n) is 7.11. The third kappa shape index (κ3) is 6.35. The first-order chi connectivity index (χ1) is 16.7. The molecule has 0 bridgehead atoms. The summed E-state index contributed by atoms with van der Waals surface area (Å²) in [5.74, 6) is -2.31. The Kier molecular flexibility index (Phi) is 7.65. The molecule has 0 radical (unpaired) electrons. The highest BCUT2D eigenvalue weighted by Crippen LogP contribution is 2.36. The zero-order valence-electron chi connectivity index (χ0n) is 17.6. The van der Waals surface area contributed by atoms with Crippen LogP contribution in [0.2, 0.25) is 10.0 Å². The van der Waals surface area contributed by atoms with Crippen molar-refractivity contribution in [3.05, 3.63) is 80.2 Å². The predicted octanol–water partition coefficient (Wildman–Crippen LogP) is 4.12. The summed E-state index contributed by atoms with van der Waals surface area (Å²) in [6.07, 6.45) is -4.23. The molecule has 0 aliphatic rings. The van der Waals surface area contributed by atoms with E-state index in [9.17, 15) is 31.2 Å². The van der Waals surface area contributed by atoms with Crippen LogP contribution in [-0.2, 0) is 27.5 Å². The molecule has 0 atom stereocenters. The number of anilines is 1. The standard InChI is InChI=1S/C21H13Cl2F3N4O5S/c22-12-5-11(9-27)6-13(7-12)35-19-15(21(24,25)26)3-4-30(20(19)32)10-18(31)29-17-2-1-14(8-16(17)23)36(28,33)34/h1-8H,10H2,(H,29,31)(H2,28,33,34). The van der Waals surface area contributed by atoms with Gasteiger partial charge in [0.15, 0.2) is 0 Å². The highest BCUT2D eigenvalue weighted by Gasteiger charge is 2.36. The van der Waals surface area contributed by atoms with Crippen molar-refractivity contribution >= 4 is 44.8 Å². The number of alkyl halides is 3. The minimum atomic E-state index is -4.98. The number of benzene rings is 2. The normalized spacial score (nSPS) is 11.6. The molecule has 0 unspecified atom stereocenters. The van der Waals surface area contributed by atoms with Gasteiger partial charge in [-0.15, -0.1) is 0 Å². The number of halogens is 5. The maximum atomic E-state index is 13.5. The number of hydrogen-bond donors (Lipinski definition) is 2. The van der Waals surface area contributed by atoms with E-state index in [1.54, 1.807) is 6.07 Å². The monoisotopic (exact) mass is 560 g/mol. The van der Waals surface area contributed by atoms with Crippen LogP contribution >= 0.6 is 23.2 Å². The molecule has 0 aliphatic heterocycles. The fourth-order valence-corrected chi connectivity index (χ4v) is 3.98. The summed E-state index contributed by atoms with van der Waals surface area (Å²) in [6, 6.07) is 8.96. The number of hydrogen-bond acceptors (Lipinski definition) is 6. The number of sulfonamides is 1. The molecule has 188 valence electrons. The Balaban J connectivity index is 1.94. The molecule has 1 aromatic heterocycles. The number of aromatic nitrogens is 1. The topological polar surface area (TPSA) is 144 Å². The molecule has 0 spiro atoms. The second-order valence-corrected chi connectivity index (χ2v) is 9.52. The largest absolute Gasteiger partial charge is 0.451 e. The van der Waals surface area contributed by atoms with Crippen LogP contribution < -0.4 is 20.8 Å². The van der Waals surface area contributed by atoms with Crippen LogP contribution in [0.1, 0.15) is 11.1 Å². The lowest BCUT2D eigenvalue weighted by Gasteiger charge is -2.16. The number of carbonyl (C=O) groups excluding carboxylic acids is 1. The van der Waals surface area contributed by atoms with Crippen molar-refractivity contribution < 1.29 is 31.1 Å². The zero-order chi connectivity index (χ0) is 26.8. The summed E-state index contributed by atoms with van der Waals surface area (Å²) in [6.45, 7) is -0.750. The lowest BCUT2D eigenvalue weighted by molar-refractivity contribution is -0.138. The molecule has 0 aliphatic carbocycles. The second kappa shape index (κ2) is 10.2. The van der Waals surface area contributed by atoms with E-state index in [1.165, 1.54) is 6.07 Å². The number of nitrogens with one attached hydrogen (secondary N) is 1. The minimum absolute atomic E-state index is 0.0152. The first kappa shape index (κ1) is 27.0. The van der Waals surface area contributed by atoms with Gasteiger partial charge in [-0.05, 0) is 42.5 Å². The van der Waals surface area contributed by atoms with Crippen molar-refractivity contribution in [1.29, 1.82) is 5.26 Å². The molecule has 0 saturated heterocycles. The number of amides is 1. The molecule has 36 heavy (non-hydrogen) atoms. The van der Waals surface area contributed by atoms with Gasteiger partial charge in [0.05, 0.1) is 27.2 Å². The minimum Gasteiger partial charge on any atom is -0.451 e. The molecule has 3 N–H and O–H groups in total. The van der Waals surface area contributed by atoms with E-state index in [0.29, 0.717) is 10.6 Å². The number of pyridine rings is 1. The lowest BCUT2D eigenvalue weighted by atomic mass is 10.2. The molecular formula is C21H13Cl2F3N4O5S. The molecule has 15 heteroatoms. The average molecular weight is 561 g/mol. The van der Waals surface area contributed by atoms with Gasteiger partial charge in [0.1, 0.15) is 17.9 Å². The van der Waals surface area contributed by atoms with Gasteiger partial charge in [-0.3, -0.25) is 9.59 Å². The summed E-state index contributed by atoms with van der Waals surface area (Å²) < 4.78 is 69.3. The summed E-state index contributed by atoms with van der Waals surface area (Å²) in [5, 5.41) is 16.2. The maximum absolute atomic E-state index is 13.5. The number of nitriles is 1. The summed E-state index contributed by atoms with van der Waals surface area (Å²) in [4.78, 5) is 25.0. The van der Waals surface area contributed by atoms with Crippen LogP contribution in [0.5, 0.6) is 11.5 Å². The van der Waals surface area contributed by atoms with Crippen LogP contribution in [0.15, 0.2) is 58.4 Å². The highest BCUT2D eigenvalue weighted by molar-refractivity contribution is 7.89. The van der Waals surface area contributed by atoms with Crippen molar-refractivity contribution in [2.24, 2.45) is 5.14 Å². The molecule has 3 rings (SSSR count). The molecule has 1 amide bonds. The number of nitrogens with zero attached hydrogens (tertiary/aromatic N) is 2. The van der Waals surface area contributed by atoms with E-state index in [0.717, 1.165) is 36.5 Å². The average Bonchev–Trinajstić information content (AvgIpc) is 2.76. The van der Waals surface area contributed by atoms with E-state index < -0.39 is 45.5 Å². The molecule has 1 heterocycles. The van der Waals surface area contributed by atoms with E-state index in [-0.39, 0.29) is 31.9 Å². The number of ether oxygens (including phenoxy) is 1. The summed E-state index contributed by atoms with van der Waals surface area (Å²) in [7, 11) is -4.05. The lowest BCUT2D eigenvalue weighted by Crippen LogP contribution is -2.29. The molecule has 2 aromatic carbocycles. The van der Waals surface area contributed by atoms with Crippen LogP contribution in [0, 0.1) is 11.3 Å². The molecule has 0 fully saturated rings. The summed E-state index contributed by atoms with van der Waals surface area (Å²) >= 11 is 11.8. The first-order valence-electron chi connectivity index (χ1n) is 9.50. The third-order valence-electron chi connectivity index (χ3n) is 4.50. The van der Waals surface area contributed by atoms with E-state index in [1.807, 2.05) is 0 Å². The highest BCUT2D eigenvalue weighted by atomic mass is 35.5. The van der Waals surface area contributed by atoms with Crippen molar-refractivity contribution in [3.8, 4) is 17.6 Å². The molecule has 3 aromatic rings. The van der Waals surface area contributed by atoms with Crippen molar-refractivity contribution in [3.63, 3.8) is 0 Å². The van der Waals surface area contributed by atoms with Crippen molar-refractivity contribution in [1.82, 2.24) is 4.57 Å². The van der Waals surface area contributed by atoms with Gasteiger partial charge in [0.25, 0.3) is 5.56 Å². The van der Waals surface area contributed by atoms with Gasteiger partial charge < -0.3 is 14.6 Å². The molecule has 0 saturated carbocycles. The number of rotatable bonds is 6. The SMILES string of the molecule is N#Cc1cc(Cl)cc(Oc2c(C(F)(F)F)ccn(CC(=O)Nc3ccc(S(N)(=O)=O)cc3Cl)c2=O)c1. The van der Waals surface area contributed by atoms with E-state index in [2.05, 4.69) is 5.32 Å². The van der Waals surface area contributed by atoms with E-state index >= 15 is 0 Å². The van der Waals surface area contributed by atoms with Crippen LogP contribution in [0.4, 0.5) is 18.9 Å². The van der Waals surface area contributed by atoms with Gasteiger partial charge in [-0.2, -0.15) is 18.4 Å². The number of carbonyl (C=O) groups is 1. The van der Waals surface area contributed by atoms with Crippen molar-refractivity contribution in [2.45, 2.75) is 17.6 Å². The molecular weight excluding hydrogens is 548 g/mol. The predicted molar refractivity (Wildman–Crippen MR) is 123 cm³/mol. The van der Waals surface area contributed by atoms with Gasteiger partial charge in [-0.25, -0.2) is 13.6 Å². The van der Waals surface area contributed by atoms with E-state index in [4.69, 9.17) is 38.3 Å². The first-order valence-corrected chi connectivity index (χ1v) is 11.8. The van der Waals surface area contributed by atoms with Gasteiger partial charge in [0, 0.05) is 11.2 Å². The smallest absolute Gasteiger partial charge is 0.420 e.